The highest BCUT2D eigenvalue weighted by molar-refractivity contribution is 9.10. The molecule has 0 radical (unpaired) electrons. The summed E-state index contributed by atoms with van der Waals surface area (Å²) in [6.07, 6.45) is 7.06. The van der Waals surface area contributed by atoms with E-state index >= 15 is 0 Å². The molecule has 0 bridgehead atoms. The summed E-state index contributed by atoms with van der Waals surface area (Å²) in [5.74, 6) is 0.385. The molecule has 2 aromatic rings. The molecule has 2 aromatic heterocycles. The van der Waals surface area contributed by atoms with Crippen molar-refractivity contribution in [1.82, 2.24) is 9.38 Å². The summed E-state index contributed by atoms with van der Waals surface area (Å²) in [7, 11) is 0. The fraction of sp³-hybridized carbons (Fsp3) is 0.556. The van der Waals surface area contributed by atoms with Gasteiger partial charge in [-0.3, -0.25) is 4.90 Å². The van der Waals surface area contributed by atoms with E-state index in [1.165, 1.54) is 0 Å². The summed E-state index contributed by atoms with van der Waals surface area (Å²) in [5, 5.41) is 0. The molecule has 1 saturated heterocycles. The third-order valence-electron chi connectivity index (χ3n) is 4.12. The van der Waals surface area contributed by atoms with E-state index in [9.17, 15) is 4.79 Å². The predicted octanol–water partition coefficient (Wildman–Crippen LogP) is 4.26. The lowest BCUT2D eigenvalue weighted by Gasteiger charge is -2.32. The lowest BCUT2D eigenvalue weighted by Crippen LogP contribution is -2.41. The van der Waals surface area contributed by atoms with Gasteiger partial charge in [-0.1, -0.05) is 0 Å². The Balaban J connectivity index is 1.96. The summed E-state index contributed by atoms with van der Waals surface area (Å²) in [6, 6.07) is 1.92. The second kappa shape index (κ2) is 7.33. The van der Waals surface area contributed by atoms with E-state index in [4.69, 9.17) is 9.47 Å². The Labute approximate surface area is 156 Å². The zero-order valence-electron chi connectivity index (χ0n) is 14.9. The van der Waals surface area contributed by atoms with Crippen LogP contribution in [0.25, 0.3) is 5.65 Å². The Kier molecular flexibility index (Phi) is 5.34. The molecule has 0 aliphatic carbocycles. The molecule has 3 rings (SSSR count). The number of carbonyl (C=O) groups excluding carboxylic acids is 1. The van der Waals surface area contributed by atoms with E-state index in [-0.39, 0.29) is 6.09 Å². The molecular weight excluding hydrogens is 386 g/mol. The van der Waals surface area contributed by atoms with Gasteiger partial charge in [-0.2, -0.15) is 0 Å². The molecule has 7 heteroatoms. The standard InChI is InChI=1S/C18H24BrN3O3/c1-18(2,3)25-17(23)22(11-13-4-8-24-9-5-13)15-10-14(19)12-21-7-6-20-16(15)21/h6-7,10,12-13H,4-5,8-9,11H2,1-3H3. The predicted molar refractivity (Wildman–Crippen MR) is 100 cm³/mol. The van der Waals surface area contributed by atoms with E-state index < -0.39 is 5.60 Å². The first kappa shape index (κ1) is 18.2. The fourth-order valence-electron chi connectivity index (χ4n) is 2.95. The minimum absolute atomic E-state index is 0.345. The Hall–Kier alpha value is -1.60. The number of rotatable bonds is 3. The monoisotopic (exact) mass is 409 g/mol. The van der Waals surface area contributed by atoms with Gasteiger partial charge in [0.05, 0.1) is 5.69 Å². The van der Waals surface area contributed by atoms with Gasteiger partial charge < -0.3 is 13.9 Å². The zero-order chi connectivity index (χ0) is 18.0. The maximum atomic E-state index is 12.9. The molecule has 0 N–H and O–H groups in total. The van der Waals surface area contributed by atoms with Crippen LogP contribution in [0.15, 0.2) is 29.1 Å². The summed E-state index contributed by atoms with van der Waals surface area (Å²) in [6.45, 7) is 7.71. The maximum absolute atomic E-state index is 12.9. The lowest BCUT2D eigenvalue weighted by atomic mass is 9.99. The van der Waals surface area contributed by atoms with Gasteiger partial charge in [-0.15, -0.1) is 0 Å². The van der Waals surface area contributed by atoms with Crippen LogP contribution in [-0.2, 0) is 9.47 Å². The number of carbonyl (C=O) groups is 1. The van der Waals surface area contributed by atoms with Crippen LogP contribution in [0.3, 0.4) is 0 Å². The normalized spacial score (nSPS) is 16.2. The van der Waals surface area contributed by atoms with Crippen LogP contribution in [0, 0.1) is 5.92 Å². The average Bonchev–Trinajstić information content (AvgIpc) is 2.99. The van der Waals surface area contributed by atoms with Crippen molar-refractivity contribution in [3.05, 3.63) is 29.1 Å². The number of pyridine rings is 1. The average molecular weight is 410 g/mol. The van der Waals surface area contributed by atoms with Crippen LogP contribution in [0.2, 0.25) is 0 Å². The summed E-state index contributed by atoms with van der Waals surface area (Å²) in [5.41, 5.74) is 0.934. The molecule has 136 valence electrons. The van der Waals surface area contributed by atoms with Crippen molar-refractivity contribution in [3.8, 4) is 0 Å². The van der Waals surface area contributed by atoms with Crippen LogP contribution in [-0.4, -0.2) is 40.8 Å². The van der Waals surface area contributed by atoms with Gasteiger partial charge in [0.25, 0.3) is 0 Å². The highest BCUT2D eigenvalue weighted by Gasteiger charge is 2.28. The number of anilines is 1. The number of hydrogen-bond donors (Lipinski definition) is 0. The van der Waals surface area contributed by atoms with E-state index in [2.05, 4.69) is 20.9 Å². The van der Waals surface area contributed by atoms with Gasteiger partial charge in [0.2, 0.25) is 0 Å². The smallest absolute Gasteiger partial charge is 0.414 e. The first-order valence-electron chi connectivity index (χ1n) is 8.54. The number of amides is 1. The van der Waals surface area contributed by atoms with Crippen molar-refractivity contribution in [2.45, 2.75) is 39.2 Å². The zero-order valence-corrected chi connectivity index (χ0v) is 16.5. The van der Waals surface area contributed by atoms with Gasteiger partial charge in [-0.25, -0.2) is 9.78 Å². The highest BCUT2D eigenvalue weighted by Crippen LogP contribution is 2.29. The number of imidazole rings is 1. The van der Waals surface area contributed by atoms with Crippen molar-refractivity contribution in [2.75, 3.05) is 24.7 Å². The van der Waals surface area contributed by atoms with Gasteiger partial charge in [0.1, 0.15) is 5.60 Å². The third-order valence-corrected chi connectivity index (χ3v) is 4.55. The van der Waals surface area contributed by atoms with Crippen LogP contribution in [0.5, 0.6) is 0 Å². The lowest BCUT2D eigenvalue weighted by molar-refractivity contribution is 0.0515. The van der Waals surface area contributed by atoms with Crippen LogP contribution in [0.4, 0.5) is 10.5 Å². The molecule has 3 heterocycles. The number of nitrogens with zero attached hydrogens (tertiary/aromatic N) is 3. The van der Waals surface area contributed by atoms with Gasteiger partial charge in [-0.05, 0) is 61.5 Å². The topological polar surface area (TPSA) is 56.1 Å². The SMILES string of the molecule is CC(C)(C)OC(=O)N(CC1CCOCC1)c1cc(Br)cn2ccnc12. The summed E-state index contributed by atoms with van der Waals surface area (Å²) >= 11 is 3.52. The Morgan fingerprint density at radius 1 is 1.44 bits per heavy atom. The van der Waals surface area contributed by atoms with Gasteiger partial charge in [0.15, 0.2) is 5.65 Å². The number of halogens is 1. The number of fused-ring (bicyclic) bond motifs is 1. The van der Waals surface area contributed by atoms with Crippen LogP contribution >= 0.6 is 15.9 Å². The molecule has 25 heavy (non-hydrogen) atoms. The van der Waals surface area contributed by atoms with Crippen molar-refractivity contribution < 1.29 is 14.3 Å². The number of aromatic nitrogens is 2. The van der Waals surface area contributed by atoms with Crippen molar-refractivity contribution >= 4 is 33.4 Å². The quantitative estimate of drug-likeness (QED) is 0.759. The van der Waals surface area contributed by atoms with E-state index in [1.807, 2.05) is 43.6 Å². The molecule has 0 atom stereocenters. The molecule has 0 unspecified atom stereocenters. The molecule has 6 nitrogen and oxygen atoms in total. The molecular formula is C18H24BrN3O3. The van der Waals surface area contributed by atoms with Crippen molar-refractivity contribution in [3.63, 3.8) is 0 Å². The second-order valence-electron chi connectivity index (χ2n) is 7.35. The molecule has 1 fully saturated rings. The Morgan fingerprint density at radius 3 is 2.84 bits per heavy atom. The van der Waals surface area contributed by atoms with E-state index in [0.29, 0.717) is 12.5 Å². The van der Waals surface area contributed by atoms with Gasteiger partial charge >= 0.3 is 6.09 Å². The molecule has 0 spiro atoms. The maximum Gasteiger partial charge on any atom is 0.414 e. The molecule has 1 aliphatic rings. The Morgan fingerprint density at radius 2 is 2.16 bits per heavy atom. The minimum Gasteiger partial charge on any atom is -0.443 e. The summed E-state index contributed by atoms with van der Waals surface area (Å²) in [4.78, 5) is 19.1. The van der Waals surface area contributed by atoms with Crippen LogP contribution < -0.4 is 4.90 Å². The third kappa shape index (κ3) is 4.52. The Bertz CT molecular complexity index is 748. The number of ether oxygens (including phenoxy) is 2. The first-order chi connectivity index (χ1) is 11.8. The van der Waals surface area contributed by atoms with Gasteiger partial charge in [0, 0.05) is 42.8 Å². The van der Waals surface area contributed by atoms with Crippen molar-refractivity contribution in [2.24, 2.45) is 5.92 Å². The minimum atomic E-state index is -0.553. The summed E-state index contributed by atoms with van der Waals surface area (Å²) < 4.78 is 13.9. The fourth-order valence-corrected chi connectivity index (χ4v) is 3.39. The first-order valence-corrected chi connectivity index (χ1v) is 9.33. The molecule has 1 amide bonds. The second-order valence-corrected chi connectivity index (χ2v) is 8.26. The molecule has 0 aromatic carbocycles. The van der Waals surface area contributed by atoms with E-state index in [0.717, 1.165) is 41.9 Å². The molecule has 0 saturated carbocycles. The van der Waals surface area contributed by atoms with E-state index in [1.54, 1.807) is 11.1 Å². The van der Waals surface area contributed by atoms with Crippen molar-refractivity contribution in [1.29, 1.82) is 0 Å². The largest absolute Gasteiger partial charge is 0.443 e. The highest BCUT2D eigenvalue weighted by atomic mass is 79.9. The number of hydrogen-bond acceptors (Lipinski definition) is 4. The molecule has 1 aliphatic heterocycles. The van der Waals surface area contributed by atoms with Crippen LogP contribution in [0.1, 0.15) is 33.6 Å².